The van der Waals surface area contributed by atoms with Crippen molar-refractivity contribution < 1.29 is 24.2 Å². The number of Topliss-reactive ketones (excluding diaryl/α,β-unsaturated/α-hetero) is 1. The summed E-state index contributed by atoms with van der Waals surface area (Å²) in [6.07, 6.45) is 2.13. The number of aliphatic carboxylic acids is 1. The van der Waals surface area contributed by atoms with Gasteiger partial charge in [0.25, 0.3) is 0 Å². The molecule has 1 atom stereocenters. The smallest absolute Gasteiger partial charge is 0.311 e. The van der Waals surface area contributed by atoms with Gasteiger partial charge in [-0.25, -0.2) is 0 Å². The molecule has 3 aromatic rings. The van der Waals surface area contributed by atoms with Crippen LogP contribution in [0.25, 0.3) is 0 Å². The topological polar surface area (TPSA) is 72.8 Å². The van der Waals surface area contributed by atoms with Crippen molar-refractivity contribution in [1.29, 1.82) is 0 Å². The molecule has 1 heterocycles. The number of hydrogen-bond donors (Lipinski definition) is 1. The van der Waals surface area contributed by atoms with Crippen LogP contribution in [0.1, 0.15) is 46.7 Å². The number of carboxylic acid groups (broad SMARTS) is 1. The van der Waals surface area contributed by atoms with Gasteiger partial charge in [0.15, 0.2) is 5.78 Å². The number of ether oxygens (including phenoxy) is 2. The number of halogens is 3. The Morgan fingerprint density at radius 1 is 1.00 bits per heavy atom. The van der Waals surface area contributed by atoms with Crippen LogP contribution in [-0.2, 0) is 11.2 Å². The molecule has 34 heavy (non-hydrogen) atoms. The van der Waals surface area contributed by atoms with Crippen LogP contribution < -0.4 is 9.47 Å². The predicted molar refractivity (Wildman–Crippen MR) is 132 cm³/mol. The second kappa shape index (κ2) is 10.7. The van der Waals surface area contributed by atoms with Crippen LogP contribution in [0.5, 0.6) is 17.2 Å². The van der Waals surface area contributed by atoms with Crippen LogP contribution in [0, 0.1) is 0 Å². The first kappa shape index (κ1) is 24.4. The maximum atomic E-state index is 12.6. The third-order valence-electron chi connectivity index (χ3n) is 5.67. The maximum Gasteiger partial charge on any atom is 0.311 e. The first-order chi connectivity index (χ1) is 16.3. The minimum Gasteiger partial charge on any atom is -0.493 e. The molecule has 0 saturated heterocycles. The van der Waals surface area contributed by atoms with Crippen LogP contribution in [0.3, 0.4) is 0 Å². The summed E-state index contributed by atoms with van der Waals surface area (Å²) in [5.74, 6) is -0.244. The van der Waals surface area contributed by atoms with Crippen LogP contribution in [0.4, 0.5) is 0 Å². The van der Waals surface area contributed by atoms with Gasteiger partial charge in [-0.1, -0.05) is 40.9 Å². The average molecular weight is 520 g/mol. The average Bonchev–Trinajstić information content (AvgIpc) is 2.81. The van der Waals surface area contributed by atoms with Gasteiger partial charge in [0, 0.05) is 33.7 Å². The molecule has 0 aromatic heterocycles. The highest BCUT2D eigenvalue weighted by Gasteiger charge is 2.29. The number of hydrogen-bond acceptors (Lipinski definition) is 4. The molecule has 176 valence electrons. The van der Waals surface area contributed by atoms with Crippen molar-refractivity contribution in [2.45, 2.75) is 31.6 Å². The Labute approximate surface area is 212 Å². The molecule has 0 saturated carbocycles. The molecule has 0 fully saturated rings. The van der Waals surface area contributed by atoms with Crippen molar-refractivity contribution in [3.05, 3.63) is 86.4 Å². The Kier molecular flexibility index (Phi) is 7.67. The van der Waals surface area contributed by atoms with Crippen molar-refractivity contribution in [2.75, 3.05) is 6.61 Å². The molecule has 4 rings (SSSR count). The standard InChI is InChI=1S/C26H21Cl3O5/c27-17-7-4-15(21(28)12-17)2-1-3-23(30)16-5-8-18(9-6-16)34-25-14-24-20(13-22(25)29)19(26(31)32)10-11-33-24/h4-9,12-14,19H,1-3,10-11H2,(H,31,32). The third kappa shape index (κ3) is 5.66. The van der Waals surface area contributed by atoms with E-state index in [4.69, 9.17) is 44.3 Å². The molecule has 1 aliphatic rings. The van der Waals surface area contributed by atoms with E-state index in [1.54, 1.807) is 48.5 Å². The van der Waals surface area contributed by atoms with E-state index in [9.17, 15) is 14.7 Å². The molecule has 1 aliphatic heterocycles. The lowest BCUT2D eigenvalue weighted by atomic mass is 9.93. The minimum atomic E-state index is -0.911. The maximum absolute atomic E-state index is 12.6. The summed E-state index contributed by atoms with van der Waals surface area (Å²) in [4.78, 5) is 24.1. The van der Waals surface area contributed by atoms with Gasteiger partial charge in [-0.15, -0.1) is 0 Å². The summed E-state index contributed by atoms with van der Waals surface area (Å²) in [5, 5.41) is 10.9. The van der Waals surface area contributed by atoms with E-state index >= 15 is 0 Å². The van der Waals surface area contributed by atoms with Crippen molar-refractivity contribution >= 4 is 46.6 Å². The highest BCUT2D eigenvalue weighted by atomic mass is 35.5. The summed E-state index contributed by atoms with van der Waals surface area (Å²) in [7, 11) is 0. The summed E-state index contributed by atoms with van der Waals surface area (Å²) in [6, 6.07) is 15.3. The first-order valence-corrected chi connectivity index (χ1v) is 11.9. The second-order valence-corrected chi connectivity index (χ2v) is 9.24. The lowest BCUT2D eigenvalue weighted by Gasteiger charge is -2.24. The van der Waals surface area contributed by atoms with E-state index < -0.39 is 11.9 Å². The number of rotatable bonds is 8. The van der Waals surface area contributed by atoms with Crippen molar-refractivity contribution in [2.24, 2.45) is 0 Å². The van der Waals surface area contributed by atoms with E-state index in [1.807, 2.05) is 6.07 Å². The molecule has 5 nitrogen and oxygen atoms in total. The fourth-order valence-corrected chi connectivity index (χ4v) is 4.58. The molecule has 0 amide bonds. The van der Waals surface area contributed by atoms with E-state index in [0.29, 0.717) is 70.7 Å². The Balaban J connectivity index is 1.38. The Morgan fingerprint density at radius 2 is 1.76 bits per heavy atom. The fourth-order valence-electron chi connectivity index (χ4n) is 3.87. The molecular weight excluding hydrogens is 499 g/mol. The molecule has 1 unspecified atom stereocenters. The number of carbonyl (C=O) groups is 2. The van der Waals surface area contributed by atoms with Crippen molar-refractivity contribution in [3.63, 3.8) is 0 Å². The van der Waals surface area contributed by atoms with Gasteiger partial charge in [0.05, 0.1) is 17.5 Å². The highest BCUT2D eigenvalue weighted by molar-refractivity contribution is 6.35. The van der Waals surface area contributed by atoms with Crippen LogP contribution in [-0.4, -0.2) is 23.5 Å². The van der Waals surface area contributed by atoms with Crippen LogP contribution in [0.2, 0.25) is 15.1 Å². The van der Waals surface area contributed by atoms with Gasteiger partial charge < -0.3 is 14.6 Å². The molecule has 1 N–H and O–H groups in total. The van der Waals surface area contributed by atoms with Crippen molar-refractivity contribution in [1.82, 2.24) is 0 Å². The largest absolute Gasteiger partial charge is 0.493 e. The summed E-state index contributed by atoms with van der Waals surface area (Å²) in [6.45, 7) is 0.312. The number of aryl methyl sites for hydroxylation is 1. The normalized spacial score (nSPS) is 14.7. The lowest BCUT2D eigenvalue weighted by Crippen LogP contribution is -2.20. The number of benzene rings is 3. The molecule has 0 bridgehead atoms. The molecule has 0 radical (unpaired) electrons. The molecule has 8 heteroatoms. The zero-order valence-corrected chi connectivity index (χ0v) is 20.3. The molecule has 3 aromatic carbocycles. The van der Waals surface area contributed by atoms with Gasteiger partial charge >= 0.3 is 5.97 Å². The van der Waals surface area contributed by atoms with Gasteiger partial charge in [0.2, 0.25) is 0 Å². The van der Waals surface area contributed by atoms with Gasteiger partial charge in [-0.05, 0) is 67.3 Å². The minimum absolute atomic E-state index is 0.0246. The summed E-state index contributed by atoms with van der Waals surface area (Å²) in [5.41, 5.74) is 2.08. The van der Waals surface area contributed by atoms with E-state index in [1.165, 1.54) is 0 Å². The zero-order chi connectivity index (χ0) is 24.2. The lowest BCUT2D eigenvalue weighted by molar-refractivity contribution is -0.139. The Hall–Kier alpha value is -2.73. The van der Waals surface area contributed by atoms with Gasteiger partial charge in [-0.3, -0.25) is 9.59 Å². The zero-order valence-electron chi connectivity index (χ0n) is 18.0. The van der Waals surface area contributed by atoms with E-state index in [0.717, 1.165) is 5.56 Å². The van der Waals surface area contributed by atoms with Crippen LogP contribution in [0.15, 0.2) is 54.6 Å². The predicted octanol–water partition coefficient (Wildman–Crippen LogP) is 7.60. The molecule has 0 spiro atoms. The summed E-state index contributed by atoms with van der Waals surface area (Å²) < 4.78 is 11.5. The number of carboxylic acids is 1. The van der Waals surface area contributed by atoms with Crippen molar-refractivity contribution in [3.8, 4) is 17.2 Å². The third-order valence-corrected chi connectivity index (χ3v) is 6.55. The molecular formula is C26H21Cl3O5. The summed E-state index contributed by atoms with van der Waals surface area (Å²) >= 11 is 18.5. The quantitative estimate of drug-likeness (QED) is 0.310. The fraction of sp³-hybridized carbons (Fsp3) is 0.231. The SMILES string of the molecule is O=C(CCCc1ccc(Cl)cc1Cl)c1ccc(Oc2cc3c(cc2Cl)C(C(=O)O)CCO3)cc1. The molecule has 0 aliphatic carbocycles. The first-order valence-electron chi connectivity index (χ1n) is 10.8. The Morgan fingerprint density at radius 3 is 2.47 bits per heavy atom. The van der Waals surface area contributed by atoms with Gasteiger partial charge in [0.1, 0.15) is 17.2 Å². The van der Waals surface area contributed by atoms with E-state index in [2.05, 4.69) is 0 Å². The second-order valence-electron chi connectivity index (χ2n) is 7.99. The van der Waals surface area contributed by atoms with E-state index in [-0.39, 0.29) is 10.8 Å². The number of fused-ring (bicyclic) bond motifs is 1. The van der Waals surface area contributed by atoms with Crippen LogP contribution >= 0.6 is 34.8 Å². The van der Waals surface area contributed by atoms with Gasteiger partial charge in [-0.2, -0.15) is 0 Å². The Bertz CT molecular complexity index is 1220. The number of ketones is 1. The highest BCUT2D eigenvalue weighted by Crippen LogP contribution is 2.41. The number of carbonyl (C=O) groups excluding carboxylic acids is 1. The monoisotopic (exact) mass is 518 g/mol.